The Kier molecular flexibility index (Phi) is 10.0. The minimum atomic E-state index is -1.82. The molecule has 0 bridgehead atoms. The van der Waals surface area contributed by atoms with Gasteiger partial charge in [-0.2, -0.15) is 0 Å². The number of aromatic nitrogens is 4. The van der Waals surface area contributed by atoms with Gasteiger partial charge in [0.1, 0.15) is 12.7 Å². The van der Waals surface area contributed by atoms with E-state index in [0.29, 0.717) is 6.04 Å². The van der Waals surface area contributed by atoms with Gasteiger partial charge in [0.25, 0.3) is 0 Å². The lowest BCUT2D eigenvalue weighted by Crippen LogP contribution is -2.56. The molecule has 0 aliphatic carbocycles. The van der Waals surface area contributed by atoms with E-state index in [0.717, 1.165) is 57.8 Å². The number of carboxylic acids is 2. The first-order valence-corrected chi connectivity index (χ1v) is 13.4. The molecule has 1 fully saturated rings. The van der Waals surface area contributed by atoms with Crippen molar-refractivity contribution in [3.05, 3.63) is 78.5 Å². The maximum absolute atomic E-state index is 9.10. The van der Waals surface area contributed by atoms with E-state index in [2.05, 4.69) is 98.7 Å². The SMILES string of the molecule is CN(C)CC1CN(CCCc2c[nH]c3ccc(-n4cnnc4)cc23)CCN1Cc1ccccc1.O=C(O)C(=O)O. The summed E-state index contributed by atoms with van der Waals surface area (Å²) in [4.78, 5) is 29.3. The lowest BCUT2D eigenvalue weighted by molar-refractivity contribution is -0.159. The molecule has 1 atom stereocenters. The fraction of sp³-hybridized carbons (Fsp3) is 0.379. The van der Waals surface area contributed by atoms with Crippen molar-refractivity contribution < 1.29 is 19.8 Å². The van der Waals surface area contributed by atoms with E-state index < -0.39 is 11.9 Å². The average Bonchev–Trinajstić information content (AvgIpc) is 3.61. The fourth-order valence-corrected chi connectivity index (χ4v) is 5.14. The summed E-state index contributed by atoms with van der Waals surface area (Å²) in [5, 5.41) is 23.9. The van der Waals surface area contributed by atoms with Crippen LogP contribution >= 0.6 is 0 Å². The van der Waals surface area contributed by atoms with Crippen molar-refractivity contribution in [2.45, 2.75) is 25.4 Å². The van der Waals surface area contributed by atoms with E-state index in [1.165, 1.54) is 22.0 Å². The lowest BCUT2D eigenvalue weighted by Gasteiger charge is -2.42. The Bertz CT molecular complexity index is 1360. The first-order valence-electron chi connectivity index (χ1n) is 13.4. The van der Waals surface area contributed by atoms with Crippen LogP contribution in [0.4, 0.5) is 0 Å². The smallest absolute Gasteiger partial charge is 0.414 e. The number of aryl methyl sites for hydroxylation is 1. The molecule has 4 aromatic rings. The predicted octanol–water partition coefficient (Wildman–Crippen LogP) is 2.58. The van der Waals surface area contributed by atoms with Gasteiger partial charge in [0.15, 0.2) is 0 Å². The summed E-state index contributed by atoms with van der Waals surface area (Å²) < 4.78 is 1.95. The Balaban J connectivity index is 0.000000557. The van der Waals surface area contributed by atoms with Gasteiger partial charge in [0.2, 0.25) is 0 Å². The van der Waals surface area contributed by atoms with Crippen LogP contribution in [0.1, 0.15) is 17.5 Å². The van der Waals surface area contributed by atoms with E-state index in [-0.39, 0.29) is 0 Å². The van der Waals surface area contributed by atoms with Gasteiger partial charge in [-0.05, 0) is 62.8 Å². The van der Waals surface area contributed by atoms with Crippen molar-refractivity contribution in [3.8, 4) is 5.69 Å². The zero-order chi connectivity index (χ0) is 28.5. The summed E-state index contributed by atoms with van der Waals surface area (Å²) in [6, 6.07) is 17.9. The number of fused-ring (bicyclic) bond motifs is 1. The van der Waals surface area contributed by atoms with Crippen LogP contribution in [0.5, 0.6) is 0 Å². The van der Waals surface area contributed by atoms with Gasteiger partial charge >= 0.3 is 11.9 Å². The second kappa shape index (κ2) is 13.8. The molecule has 1 saturated heterocycles. The minimum absolute atomic E-state index is 0.559. The number of hydrogen-bond donors (Lipinski definition) is 3. The normalized spacial score (nSPS) is 16.1. The second-order valence-electron chi connectivity index (χ2n) is 10.3. The Morgan fingerprint density at radius 2 is 1.75 bits per heavy atom. The van der Waals surface area contributed by atoms with Crippen LogP contribution in [0.25, 0.3) is 16.6 Å². The molecule has 0 saturated carbocycles. The number of nitrogens with zero attached hydrogens (tertiary/aromatic N) is 6. The van der Waals surface area contributed by atoms with E-state index >= 15 is 0 Å². The molecule has 2 aromatic carbocycles. The molecule has 3 N–H and O–H groups in total. The van der Waals surface area contributed by atoms with Gasteiger partial charge in [-0.25, -0.2) is 9.59 Å². The quantitative estimate of drug-likeness (QED) is 0.271. The number of aromatic amines is 1. The third-order valence-electron chi connectivity index (χ3n) is 7.06. The molecule has 0 spiro atoms. The minimum Gasteiger partial charge on any atom is -0.473 e. The number of aliphatic carboxylic acids is 2. The van der Waals surface area contributed by atoms with Gasteiger partial charge in [-0.1, -0.05) is 30.3 Å². The van der Waals surface area contributed by atoms with Gasteiger partial charge < -0.3 is 25.0 Å². The number of hydrogen-bond acceptors (Lipinski definition) is 7. The highest BCUT2D eigenvalue weighted by atomic mass is 16.4. The molecule has 1 unspecified atom stereocenters. The highest BCUT2D eigenvalue weighted by Crippen LogP contribution is 2.23. The average molecular weight is 548 g/mol. The molecule has 5 rings (SSSR count). The van der Waals surface area contributed by atoms with Gasteiger partial charge in [0.05, 0.1) is 0 Å². The van der Waals surface area contributed by atoms with Crippen molar-refractivity contribution >= 4 is 22.8 Å². The summed E-state index contributed by atoms with van der Waals surface area (Å²) in [5.41, 5.74) is 5.08. The Labute approximate surface area is 233 Å². The topological polar surface area (TPSA) is 131 Å². The molecule has 1 aliphatic rings. The third kappa shape index (κ3) is 7.98. The molecule has 1 aliphatic heterocycles. The largest absolute Gasteiger partial charge is 0.473 e. The number of rotatable bonds is 9. The molecule has 40 heavy (non-hydrogen) atoms. The van der Waals surface area contributed by atoms with Crippen LogP contribution in [0.15, 0.2) is 67.4 Å². The highest BCUT2D eigenvalue weighted by Gasteiger charge is 2.27. The van der Waals surface area contributed by atoms with Gasteiger partial charge in [0, 0.05) is 61.6 Å². The maximum Gasteiger partial charge on any atom is 0.414 e. The monoisotopic (exact) mass is 547 g/mol. The van der Waals surface area contributed by atoms with Crippen LogP contribution in [0, 0.1) is 0 Å². The summed E-state index contributed by atoms with van der Waals surface area (Å²) in [6.45, 7) is 6.68. The third-order valence-corrected chi connectivity index (χ3v) is 7.06. The van der Waals surface area contributed by atoms with Crippen molar-refractivity contribution in [1.82, 2.24) is 34.4 Å². The Hall–Kier alpha value is -4.06. The molecule has 0 amide bonds. The molecule has 3 heterocycles. The maximum atomic E-state index is 9.10. The number of carbonyl (C=O) groups is 2. The molecule has 212 valence electrons. The van der Waals surface area contributed by atoms with Crippen LogP contribution < -0.4 is 0 Å². The van der Waals surface area contributed by atoms with Crippen LogP contribution in [0.3, 0.4) is 0 Å². The number of nitrogens with one attached hydrogen (secondary N) is 1. The molecule has 2 aromatic heterocycles. The van der Waals surface area contributed by atoms with E-state index in [4.69, 9.17) is 19.8 Å². The molecular weight excluding hydrogens is 510 g/mol. The lowest BCUT2D eigenvalue weighted by atomic mass is 10.1. The van der Waals surface area contributed by atoms with Gasteiger partial charge in [-0.3, -0.25) is 9.47 Å². The number of carboxylic acid groups (broad SMARTS) is 2. The van der Waals surface area contributed by atoms with Gasteiger partial charge in [-0.15, -0.1) is 10.2 Å². The highest BCUT2D eigenvalue weighted by molar-refractivity contribution is 6.27. The zero-order valence-electron chi connectivity index (χ0n) is 23.0. The first kappa shape index (κ1) is 28.9. The fourth-order valence-electron chi connectivity index (χ4n) is 5.14. The second-order valence-corrected chi connectivity index (χ2v) is 10.3. The number of likely N-dealkylation sites (N-methyl/N-ethyl adjacent to an activating group) is 1. The summed E-state index contributed by atoms with van der Waals surface area (Å²) in [7, 11) is 4.37. The summed E-state index contributed by atoms with van der Waals surface area (Å²) in [5.74, 6) is -3.65. The standard InChI is InChI=1S/C27H35N7.C2H2O4/c1-31(2)18-25-19-32(13-14-33(25)17-22-7-4-3-5-8-22)12-6-9-23-16-28-27-11-10-24(15-26(23)27)34-20-29-30-21-34;3-1(4)2(5)6/h3-5,7-8,10-11,15-16,20-21,25,28H,6,9,12-14,17-19H2,1-2H3;(H,3,4)(H,5,6). The van der Waals surface area contributed by atoms with E-state index in [9.17, 15) is 0 Å². The number of H-pyrrole nitrogens is 1. The van der Waals surface area contributed by atoms with Crippen LogP contribution in [-0.2, 0) is 22.6 Å². The first-order chi connectivity index (χ1) is 19.3. The number of piperazine rings is 1. The van der Waals surface area contributed by atoms with E-state index in [1.54, 1.807) is 12.7 Å². The number of benzene rings is 2. The predicted molar refractivity (Wildman–Crippen MR) is 152 cm³/mol. The summed E-state index contributed by atoms with van der Waals surface area (Å²) >= 11 is 0. The Morgan fingerprint density at radius 3 is 2.42 bits per heavy atom. The Morgan fingerprint density at radius 1 is 1.02 bits per heavy atom. The van der Waals surface area contributed by atoms with Crippen LogP contribution in [-0.4, -0.2) is 109 Å². The van der Waals surface area contributed by atoms with Crippen LogP contribution in [0.2, 0.25) is 0 Å². The van der Waals surface area contributed by atoms with E-state index in [1.807, 2.05) is 4.57 Å². The van der Waals surface area contributed by atoms with Crippen molar-refractivity contribution in [2.75, 3.05) is 46.8 Å². The molecular formula is C29H37N7O4. The van der Waals surface area contributed by atoms with Crippen molar-refractivity contribution in [1.29, 1.82) is 0 Å². The molecule has 11 nitrogen and oxygen atoms in total. The van der Waals surface area contributed by atoms with Crippen molar-refractivity contribution in [3.63, 3.8) is 0 Å². The summed E-state index contributed by atoms with van der Waals surface area (Å²) in [6.07, 6.45) is 7.91. The zero-order valence-corrected chi connectivity index (χ0v) is 23.0. The van der Waals surface area contributed by atoms with Crippen molar-refractivity contribution in [2.24, 2.45) is 0 Å². The molecule has 0 radical (unpaired) electrons. The molecule has 11 heteroatoms.